The number of aromatic nitrogens is 2. The molecule has 0 bridgehead atoms. The summed E-state index contributed by atoms with van der Waals surface area (Å²) in [7, 11) is 1.59. The van der Waals surface area contributed by atoms with E-state index in [0.29, 0.717) is 11.5 Å². The van der Waals surface area contributed by atoms with Gasteiger partial charge in [0, 0.05) is 11.8 Å². The van der Waals surface area contributed by atoms with Gasteiger partial charge in [0.15, 0.2) is 11.5 Å². The van der Waals surface area contributed by atoms with Gasteiger partial charge in [0.25, 0.3) is 0 Å². The Morgan fingerprint density at radius 2 is 2.05 bits per heavy atom. The van der Waals surface area contributed by atoms with Gasteiger partial charge in [-0.3, -0.25) is 0 Å². The topological polar surface area (TPSA) is 76.5 Å². The summed E-state index contributed by atoms with van der Waals surface area (Å²) >= 11 is 0. The minimum atomic E-state index is -0.0318. The minimum Gasteiger partial charge on any atom is -0.493 e. The molecule has 2 rings (SSSR count). The maximum atomic E-state index is 8.83. The number of aliphatic hydroxyl groups is 1. The number of benzene rings is 1. The van der Waals surface area contributed by atoms with E-state index < -0.39 is 0 Å². The van der Waals surface area contributed by atoms with Gasteiger partial charge in [0.05, 0.1) is 19.8 Å². The number of anilines is 1. The van der Waals surface area contributed by atoms with Crippen LogP contribution >= 0.6 is 0 Å². The first kappa shape index (κ1) is 16.0. The van der Waals surface area contributed by atoms with Crippen molar-refractivity contribution >= 4 is 5.82 Å². The molecule has 0 amide bonds. The highest BCUT2D eigenvalue weighted by molar-refractivity contribution is 5.46. The molecule has 0 aliphatic carbocycles. The van der Waals surface area contributed by atoms with E-state index in [1.54, 1.807) is 7.11 Å². The van der Waals surface area contributed by atoms with Crippen LogP contribution in [0.1, 0.15) is 24.2 Å². The van der Waals surface area contributed by atoms with Gasteiger partial charge in [0.1, 0.15) is 18.8 Å². The van der Waals surface area contributed by atoms with Gasteiger partial charge in [0.2, 0.25) is 0 Å². The van der Waals surface area contributed by atoms with Gasteiger partial charge in [-0.05, 0) is 31.5 Å². The lowest BCUT2D eigenvalue weighted by molar-refractivity contribution is 0.196. The average molecular weight is 303 g/mol. The van der Waals surface area contributed by atoms with E-state index in [1.807, 2.05) is 38.1 Å². The normalized spacial score (nSPS) is 11.8. The van der Waals surface area contributed by atoms with Crippen molar-refractivity contribution in [1.82, 2.24) is 9.97 Å². The molecule has 0 spiro atoms. The standard InChI is InChI=1S/C16H21N3O3/c1-11-8-16(18-10-17-11)19-12(2)13-4-5-14(22-7-6-20)15(9-13)21-3/h4-5,8-10,12,20H,6-7H2,1-3H3,(H,17,18,19). The molecule has 1 atom stereocenters. The van der Waals surface area contributed by atoms with Crippen LogP contribution in [0.25, 0.3) is 0 Å². The SMILES string of the molecule is COc1cc(C(C)Nc2cc(C)ncn2)ccc1OCCO. The van der Waals surface area contributed by atoms with Gasteiger partial charge in [-0.15, -0.1) is 0 Å². The third-order valence-electron chi connectivity index (χ3n) is 3.20. The lowest BCUT2D eigenvalue weighted by Crippen LogP contribution is -2.09. The fraction of sp³-hybridized carbons (Fsp3) is 0.375. The number of hydrogen-bond donors (Lipinski definition) is 2. The quantitative estimate of drug-likeness (QED) is 0.817. The van der Waals surface area contributed by atoms with E-state index >= 15 is 0 Å². The Morgan fingerprint density at radius 3 is 2.73 bits per heavy atom. The summed E-state index contributed by atoms with van der Waals surface area (Å²) in [6.45, 7) is 4.17. The fourth-order valence-electron chi connectivity index (χ4n) is 2.07. The first-order valence-electron chi connectivity index (χ1n) is 7.11. The molecule has 1 heterocycles. The number of hydrogen-bond acceptors (Lipinski definition) is 6. The lowest BCUT2D eigenvalue weighted by atomic mass is 10.1. The molecule has 0 saturated heterocycles. The molecule has 2 aromatic rings. The van der Waals surface area contributed by atoms with Crippen molar-refractivity contribution < 1.29 is 14.6 Å². The summed E-state index contributed by atoms with van der Waals surface area (Å²) in [4.78, 5) is 8.28. The molecule has 22 heavy (non-hydrogen) atoms. The number of nitrogens with zero attached hydrogens (tertiary/aromatic N) is 2. The van der Waals surface area contributed by atoms with E-state index in [1.165, 1.54) is 6.33 Å². The monoisotopic (exact) mass is 303 g/mol. The first-order valence-corrected chi connectivity index (χ1v) is 7.11. The molecule has 0 saturated carbocycles. The van der Waals surface area contributed by atoms with E-state index in [9.17, 15) is 0 Å². The van der Waals surface area contributed by atoms with Crippen LogP contribution in [0.3, 0.4) is 0 Å². The summed E-state index contributed by atoms with van der Waals surface area (Å²) in [6, 6.07) is 7.66. The maximum Gasteiger partial charge on any atom is 0.161 e. The number of aryl methyl sites for hydroxylation is 1. The third-order valence-corrected chi connectivity index (χ3v) is 3.20. The van der Waals surface area contributed by atoms with Gasteiger partial charge in [-0.2, -0.15) is 0 Å². The van der Waals surface area contributed by atoms with Gasteiger partial charge in [-0.25, -0.2) is 9.97 Å². The summed E-state index contributed by atoms with van der Waals surface area (Å²) in [5.41, 5.74) is 1.96. The fourth-order valence-corrected chi connectivity index (χ4v) is 2.07. The van der Waals surface area contributed by atoms with Crippen LogP contribution in [0.2, 0.25) is 0 Å². The molecule has 0 radical (unpaired) electrons. The summed E-state index contributed by atoms with van der Waals surface area (Å²) < 4.78 is 10.8. The molecule has 118 valence electrons. The van der Waals surface area contributed by atoms with Crippen LogP contribution in [-0.2, 0) is 0 Å². The second kappa shape index (κ2) is 7.61. The zero-order chi connectivity index (χ0) is 15.9. The molecule has 2 N–H and O–H groups in total. The predicted octanol–water partition coefficient (Wildman–Crippen LogP) is 2.34. The third kappa shape index (κ3) is 4.08. The summed E-state index contributed by atoms with van der Waals surface area (Å²) in [6.07, 6.45) is 1.54. The van der Waals surface area contributed by atoms with Crippen LogP contribution in [0.15, 0.2) is 30.6 Å². The van der Waals surface area contributed by atoms with Crippen LogP contribution in [0.4, 0.5) is 5.82 Å². The highest BCUT2D eigenvalue weighted by Crippen LogP contribution is 2.31. The second-order valence-electron chi connectivity index (χ2n) is 4.89. The first-order chi connectivity index (χ1) is 10.6. The zero-order valence-electron chi connectivity index (χ0n) is 13.0. The average Bonchev–Trinajstić information content (AvgIpc) is 2.52. The van der Waals surface area contributed by atoms with Crippen LogP contribution in [0.5, 0.6) is 11.5 Å². The van der Waals surface area contributed by atoms with Crippen molar-refractivity contribution in [3.8, 4) is 11.5 Å². The molecule has 6 nitrogen and oxygen atoms in total. The minimum absolute atomic E-state index is 0.0318. The van der Waals surface area contributed by atoms with Crippen LogP contribution in [0, 0.1) is 6.92 Å². The van der Waals surface area contributed by atoms with Gasteiger partial charge in [-0.1, -0.05) is 6.07 Å². The summed E-state index contributed by atoms with van der Waals surface area (Å²) in [5, 5.41) is 12.2. The number of aliphatic hydroxyl groups excluding tert-OH is 1. The Kier molecular flexibility index (Phi) is 5.55. The van der Waals surface area contributed by atoms with Gasteiger partial charge < -0.3 is 19.9 Å². The molecule has 0 aliphatic rings. The Balaban J connectivity index is 2.13. The van der Waals surface area contributed by atoms with E-state index in [4.69, 9.17) is 14.6 Å². The number of rotatable bonds is 7. The Hall–Kier alpha value is -2.34. The number of nitrogens with one attached hydrogen (secondary N) is 1. The molecule has 1 unspecified atom stereocenters. The van der Waals surface area contributed by atoms with Crippen molar-refractivity contribution in [3.05, 3.63) is 41.9 Å². The molecular formula is C16H21N3O3. The molecule has 0 aliphatic heterocycles. The number of methoxy groups -OCH3 is 1. The van der Waals surface area contributed by atoms with Crippen molar-refractivity contribution in [1.29, 1.82) is 0 Å². The van der Waals surface area contributed by atoms with E-state index in [0.717, 1.165) is 17.1 Å². The largest absolute Gasteiger partial charge is 0.493 e. The van der Waals surface area contributed by atoms with Gasteiger partial charge >= 0.3 is 0 Å². The second-order valence-corrected chi connectivity index (χ2v) is 4.89. The molecule has 1 aromatic carbocycles. The molecule has 6 heteroatoms. The maximum absolute atomic E-state index is 8.83. The molecule has 0 fully saturated rings. The van der Waals surface area contributed by atoms with Crippen molar-refractivity contribution in [2.75, 3.05) is 25.6 Å². The van der Waals surface area contributed by atoms with Crippen molar-refractivity contribution in [2.24, 2.45) is 0 Å². The van der Waals surface area contributed by atoms with Crippen LogP contribution in [-0.4, -0.2) is 35.4 Å². The highest BCUT2D eigenvalue weighted by atomic mass is 16.5. The van der Waals surface area contributed by atoms with Crippen molar-refractivity contribution in [3.63, 3.8) is 0 Å². The van der Waals surface area contributed by atoms with Crippen LogP contribution < -0.4 is 14.8 Å². The Labute approximate surface area is 130 Å². The highest BCUT2D eigenvalue weighted by Gasteiger charge is 2.11. The smallest absolute Gasteiger partial charge is 0.161 e. The Bertz CT molecular complexity index is 619. The van der Waals surface area contributed by atoms with E-state index in [2.05, 4.69) is 15.3 Å². The molecule has 1 aromatic heterocycles. The van der Waals surface area contributed by atoms with Crippen molar-refractivity contribution in [2.45, 2.75) is 19.9 Å². The molecular weight excluding hydrogens is 282 g/mol. The summed E-state index contributed by atoms with van der Waals surface area (Å²) in [5.74, 6) is 2.03. The zero-order valence-corrected chi connectivity index (χ0v) is 13.0. The van der Waals surface area contributed by atoms with E-state index in [-0.39, 0.29) is 19.3 Å². The Morgan fingerprint density at radius 1 is 1.23 bits per heavy atom. The predicted molar refractivity (Wildman–Crippen MR) is 84.4 cm³/mol. The number of ether oxygens (including phenoxy) is 2. The lowest BCUT2D eigenvalue weighted by Gasteiger charge is -2.17.